The summed E-state index contributed by atoms with van der Waals surface area (Å²) in [5, 5.41) is 13.5. The molecule has 96 valence electrons. The van der Waals surface area contributed by atoms with Gasteiger partial charge < -0.3 is 9.84 Å². The molecule has 1 unspecified atom stereocenters. The topological polar surface area (TPSA) is 42.4 Å². The molecule has 0 saturated heterocycles. The smallest absolute Gasteiger partial charge is 0.119 e. The summed E-state index contributed by atoms with van der Waals surface area (Å²) < 4.78 is 5.18. The Morgan fingerprint density at radius 2 is 2.22 bits per heavy atom. The van der Waals surface area contributed by atoms with E-state index in [0.29, 0.717) is 6.42 Å². The fourth-order valence-corrected chi connectivity index (χ4v) is 2.76. The Labute approximate surface area is 111 Å². The van der Waals surface area contributed by atoms with Gasteiger partial charge in [-0.1, -0.05) is 12.1 Å². The lowest BCUT2D eigenvalue weighted by atomic mass is 9.93. The van der Waals surface area contributed by atoms with Crippen LogP contribution < -0.4 is 4.74 Å². The second-order valence-corrected chi connectivity index (χ2v) is 5.51. The Balaban J connectivity index is 2.23. The molecular formula is C14H17NO2S. The normalized spacial score (nSPS) is 14.2. The van der Waals surface area contributed by atoms with Crippen molar-refractivity contribution in [2.45, 2.75) is 25.9 Å². The lowest BCUT2D eigenvalue weighted by Crippen LogP contribution is -2.24. The molecule has 0 aliphatic rings. The van der Waals surface area contributed by atoms with Crippen LogP contribution in [0.3, 0.4) is 0 Å². The Hall–Kier alpha value is -1.39. The number of aryl methyl sites for hydroxylation is 1. The van der Waals surface area contributed by atoms with Gasteiger partial charge in [-0.2, -0.15) is 0 Å². The summed E-state index contributed by atoms with van der Waals surface area (Å²) in [5.41, 5.74) is 0.907. The molecule has 1 N–H and O–H groups in total. The number of hydrogen-bond acceptors (Lipinski definition) is 4. The first-order valence-corrected chi connectivity index (χ1v) is 6.67. The Kier molecular flexibility index (Phi) is 3.68. The Morgan fingerprint density at radius 1 is 1.44 bits per heavy atom. The molecule has 4 heteroatoms. The summed E-state index contributed by atoms with van der Waals surface area (Å²) in [4.78, 5) is 4.39. The van der Waals surface area contributed by atoms with E-state index in [1.807, 2.05) is 36.6 Å². The number of hydrogen-bond donors (Lipinski definition) is 1. The van der Waals surface area contributed by atoms with Crippen molar-refractivity contribution >= 4 is 11.3 Å². The molecule has 0 aliphatic carbocycles. The maximum Gasteiger partial charge on any atom is 0.119 e. The quantitative estimate of drug-likeness (QED) is 0.922. The Bertz CT molecular complexity index is 534. The molecule has 3 nitrogen and oxygen atoms in total. The zero-order chi connectivity index (χ0) is 13.2. The van der Waals surface area contributed by atoms with Crippen LogP contribution in [0.25, 0.3) is 0 Å². The molecule has 18 heavy (non-hydrogen) atoms. The van der Waals surface area contributed by atoms with Crippen LogP contribution in [-0.4, -0.2) is 17.2 Å². The highest BCUT2D eigenvalue weighted by molar-refractivity contribution is 7.09. The van der Waals surface area contributed by atoms with Crippen molar-refractivity contribution in [3.8, 4) is 5.75 Å². The molecule has 2 rings (SSSR count). The van der Waals surface area contributed by atoms with Crippen molar-refractivity contribution in [3.63, 3.8) is 0 Å². The molecule has 0 saturated carbocycles. The highest BCUT2D eigenvalue weighted by Gasteiger charge is 2.25. The van der Waals surface area contributed by atoms with Crippen LogP contribution in [0.5, 0.6) is 5.75 Å². The molecule has 1 atom stereocenters. The van der Waals surface area contributed by atoms with Crippen molar-refractivity contribution in [2.24, 2.45) is 0 Å². The number of benzene rings is 1. The maximum absolute atomic E-state index is 10.6. The molecule has 0 spiro atoms. The zero-order valence-electron chi connectivity index (χ0n) is 10.8. The van der Waals surface area contributed by atoms with Gasteiger partial charge in [0.25, 0.3) is 0 Å². The highest BCUT2D eigenvalue weighted by Crippen LogP contribution is 2.28. The fourth-order valence-electron chi connectivity index (χ4n) is 1.84. The summed E-state index contributed by atoms with van der Waals surface area (Å²) in [6.45, 7) is 3.76. The van der Waals surface area contributed by atoms with Crippen molar-refractivity contribution in [1.29, 1.82) is 0 Å². The molecule has 1 aromatic heterocycles. The minimum atomic E-state index is -0.932. The van der Waals surface area contributed by atoms with Gasteiger partial charge in [-0.25, -0.2) is 4.98 Å². The number of methoxy groups -OCH3 is 1. The standard InChI is InChI=1S/C14H17NO2S/c1-10-9-18-13(15-10)8-14(2,16)11-5-4-6-12(7-11)17-3/h4-7,9,16H,8H2,1-3H3. The van der Waals surface area contributed by atoms with Gasteiger partial charge in [0, 0.05) is 17.5 Å². The SMILES string of the molecule is COc1cccc(C(C)(O)Cc2nc(C)cs2)c1. The van der Waals surface area contributed by atoms with Gasteiger partial charge >= 0.3 is 0 Å². The number of aromatic nitrogens is 1. The van der Waals surface area contributed by atoms with Gasteiger partial charge in [0.1, 0.15) is 5.75 Å². The second-order valence-electron chi connectivity index (χ2n) is 4.57. The van der Waals surface area contributed by atoms with Gasteiger partial charge in [0.05, 0.1) is 17.7 Å². The van der Waals surface area contributed by atoms with Gasteiger partial charge in [0.2, 0.25) is 0 Å². The molecule has 0 radical (unpaired) electrons. The predicted octanol–water partition coefficient (Wildman–Crippen LogP) is 2.91. The molecular weight excluding hydrogens is 246 g/mol. The monoisotopic (exact) mass is 263 g/mol. The summed E-state index contributed by atoms with van der Waals surface area (Å²) >= 11 is 1.58. The Morgan fingerprint density at radius 3 is 2.83 bits per heavy atom. The molecule has 0 amide bonds. The van der Waals surface area contributed by atoms with Crippen molar-refractivity contribution < 1.29 is 9.84 Å². The largest absolute Gasteiger partial charge is 0.497 e. The summed E-state index contributed by atoms with van der Waals surface area (Å²) in [5.74, 6) is 0.753. The van der Waals surface area contributed by atoms with Crippen LogP contribution in [0.4, 0.5) is 0 Å². The van der Waals surface area contributed by atoms with Crippen molar-refractivity contribution in [1.82, 2.24) is 4.98 Å². The molecule has 0 fully saturated rings. The minimum absolute atomic E-state index is 0.513. The number of nitrogens with zero attached hydrogens (tertiary/aromatic N) is 1. The molecule has 0 aliphatic heterocycles. The molecule has 1 heterocycles. The third-order valence-corrected chi connectivity index (χ3v) is 3.82. The lowest BCUT2D eigenvalue weighted by molar-refractivity contribution is 0.0573. The van der Waals surface area contributed by atoms with E-state index < -0.39 is 5.60 Å². The van der Waals surface area contributed by atoms with E-state index in [1.54, 1.807) is 25.4 Å². The average Bonchev–Trinajstić information content (AvgIpc) is 2.74. The zero-order valence-corrected chi connectivity index (χ0v) is 11.6. The van der Waals surface area contributed by atoms with E-state index in [9.17, 15) is 5.11 Å². The summed E-state index contributed by atoms with van der Waals surface area (Å²) in [7, 11) is 1.62. The van der Waals surface area contributed by atoms with E-state index in [-0.39, 0.29) is 0 Å². The minimum Gasteiger partial charge on any atom is -0.497 e. The van der Waals surface area contributed by atoms with Gasteiger partial charge in [-0.15, -0.1) is 11.3 Å². The third kappa shape index (κ3) is 2.89. The summed E-state index contributed by atoms with van der Waals surface area (Å²) in [6, 6.07) is 7.52. The van der Waals surface area contributed by atoms with E-state index in [2.05, 4.69) is 4.98 Å². The number of ether oxygens (including phenoxy) is 1. The first-order valence-electron chi connectivity index (χ1n) is 5.79. The van der Waals surface area contributed by atoms with Crippen LogP contribution in [0.1, 0.15) is 23.2 Å². The molecule has 2 aromatic rings. The lowest BCUT2D eigenvalue weighted by Gasteiger charge is -2.23. The number of aliphatic hydroxyl groups is 1. The average molecular weight is 263 g/mol. The highest BCUT2D eigenvalue weighted by atomic mass is 32.1. The second kappa shape index (κ2) is 5.08. The third-order valence-electron chi connectivity index (χ3n) is 2.85. The van der Waals surface area contributed by atoms with Crippen molar-refractivity contribution in [2.75, 3.05) is 7.11 Å². The van der Waals surface area contributed by atoms with Gasteiger partial charge in [0.15, 0.2) is 0 Å². The predicted molar refractivity (Wildman–Crippen MR) is 73.1 cm³/mol. The number of rotatable bonds is 4. The van der Waals surface area contributed by atoms with Crippen LogP contribution in [-0.2, 0) is 12.0 Å². The van der Waals surface area contributed by atoms with Crippen LogP contribution >= 0.6 is 11.3 Å². The van der Waals surface area contributed by atoms with E-state index in [4.69, 9.17) is 4.74 Å². The van der Waals surface area contributed by atoms with Gasteiger partial charge in [-0.05, 0) is 31.5 Å². The number of thiazole rings is 1. The maximum atomic E-state index is 10.6. The first kappa shape index (κ1) is 13.1. The van der Waals surface area contributed by atoms with E-state index >= 15 is 0 Å². The van der Waals surface area contributed by atoms with Crippen molar-refractivity contribution in [3.05, 3.63) is 45.9 Å². The van der Waals surface area contributed by atoms with Gasteiger partial charge in [-0.3, -0.25) is 0 Å². The summed E-state index contributed by atoms with van der Waals surface area (Å²) in [6.07, 6.45) is 0.513. The molecule has 1 aromatic carbocycles. The van der Waals surface area contributed by atoms with Crippen LogP contribution in [0, 0.1) is 6.92 Å². The van der Waals surface area contributed by atoms with E-state index in [1.165, 1.54) is 0 Å². The fraction of sp³-hybridized carbons (Fsp3) is 0.357. The first-order chi connectivity index (χ1) is 8.51. The van der Waals surface area contributed by atoms with Crippen LogP contribution in [0.2, 0.25) is 0 Å². The van der Waals surface area contributed by atoms with E-state index in [0.717, 1.165) is 22.0 Å². The molecule has 0 bridgehead atoms. The van der Waals surface area contributed by atoms with Crippen LogP contribution in [0.15, 0.2) is 29.6 Å².